The van der Waals surface area contributed by atoms with E-state index in [-0.39, 0.29) is 20.0 Å². The van der Waals surface area contributed by atoms with Gasteiger partial charge in [-0.25, -0.2) is 0 Å². The van der Waals surface area contributed by atoms with Crippen molar-refractivity contribution in [1.29, 1.82) is 0 Å². The molecule has 10 nitrogen and oxygen atoms in total. The molecule has 36 heavy (non-hydrogen) atoms. The quantitative estimate of drug-likeness (QED) is 0.316. The van der Waals surface area contributed by atoms with Crippen LogP contribution in [-0.2, 0) is 23.9 Å². The highest BCUT2D eigenvalue weighted by molar-refractivity contribution is 6.07. The molecule has 2 atom stereocenters. The van der Waals surface area contributed by atoms with Crippen molar-refractivity contribution >= 4 is 17.7 Å². The molecular formula is C26H30O10. The molecule has 1 heterocycles. The van der Waals surface area contributed by atoms with Crippen LogP contribution in [-0.4, -0.2) is 59.1 Å². The Kier molecular flexibility index (Phi) is 8.99. The van der Waals surface area contributed by atoms with Gasteiger partial charge < -0.3 is 33.2 Å². The number of hydrogen-bond donors (Lipinski definition) is 0. The lowest BCUT2D eigenvalue weighted by molar-refractivity contribution is -0.154. The summed E-state index contributed by atoms with van der Waals surface area (Å²) in [6.45, 7) is 3.48. The summed E-state index contributed by atoms with van der Waals surface area (Å²) >= 11 is 0. The fourth-order valence-electron chi connectivity index (χ4n) is 4.11. The maximum Gasteiger partial charge on any atom is 0.317 e. The van der Waals surface area contributed by atoms with E-state index in [1.165, 1.54) is 21.3 Å². The number of Topliss-reactive ketones (excluding diaryl/α,β-unsaturated/α-hetero) is 1. The molecule has 0 unspecified atom stereocenters. The van der Waals surface area contributed by atoms with Crippen molar-refractivity contribution in [3.8, 4) is 28.7 Å². The zero-order chi connectivity index (χ0) is 26.2. The third-order valence-electron chi connectivity index (χ3n) is 5.65. The van der Waals surface area contributed by atoms with Gasteiger partial charge in [-0.1, -0.05) is 6.07 Å². The van der Waals surface area contributed by atoms with Gasteiger partial charge in [0.15, 0.2) is 28.8 Å². The second kappa shape index (κ2) is 12.1. The van der Waals surface area contributed by atoms with Crippen molar-refractivity contribution in [3.05, 3.63) is 41.5 Å². The summed E-state index contributed by atoms with van der Waals surface area (Å²) in [4.78, 5) is 38.9. The van der Waals surface area contributed by atoms with Crippen LogP contribution in [0.5, 0.6) is 28.7 Å². The van der Waals surface area contributed by atoms with E-state index in [1.807, 2.05) is 0 Å². The fraction of sp³-hybridized carbons (Fsp3) is 0.423. The summed E-state index contributed by atoms with van der Waals surface area (Å²) in [5.41, 5.74) is 1.06. The molecule has 1 aliphatic heterocycles. The highest BCUT2D eigenvalue weighted by atomic mass is 16.7. The number of esters is 2. The maximum absolute atomic E-state index is 13.5. The predicted molar refractivity (Wildman–Crippen MR) is 127 cm³/mol. The van der Waals surface area contributed by atoms with Crippen LogP contribution in [0.4, 0.5) is 0 Å². The molecule has 0 bridgehead atoms. The van der Waals surface area contributed by atoms with E-state index in [2.05, 4.69) is 0 Å². The van der Waals surface area contributed by atoms with Gasteiger partial charge in [-0.2, -0.15) is 0 Å². The van der Waals surface area contributed by atoms with E-state index in [4.69, 9.17) is 33.2 Å². The van der Waals surface area contributed by atoms with Crippen LogP contribution in [0.15, 0.2) is 30.3 Å². The summed E-state index contributed by atoms with van der Waals surface area (Å²) in [7, 11) is 4.40. The zero-order valence-corrected chi connectivity index (χ0v) is 21.0. The van der Waals surface area contributed by atoms with Gasteiger partial charge in [0, 0.05) is 5.92 Å². The Labute approximate surface area is 209 Å². The molecule has 0 fully saturated rings. The molecule has 0 N–H and O–H groups in total. The summed E-state index contributed by atoms with van der Waals surface area (Å²) in [5, 5.41) is 0. The summed E-state index contributed by atoms with van der Waals surface area (Å²) in [5.74, 6) is -2.42. The third-order valence-corrected chi connectivity index (χ3v) is 5.65. The number of fused-ring (bicyclic) bond motifs is 1. The Morgan fingerprint density at radius 1 is 0.833 bits per heavy atom. The predicted octanol–water partition coefficient (Wildman–Crippen LogP) is 3.27. The normalized spacial score (nSPS) is 13.4. The maximum atomic E-state index is 13.5. The van der Waals surface area contributed by atoms with Crippen LogP contribution in [0, 0.1) is 5.92 Å². The van der Waals surface area contributed by atoms with Crippen molar-refractivity contribution in [1.82, 2.24) is 0 Å². The highest BCUT2D eigenvalue weighted by Gasteiger charge is 2.40. The van der Waals surface area contributed by atoms with Crippen LogP contribution < -0.4 is 23.7 Å². The van der Waals surface area contributed by atoms with E-state index in [9.17, 15) is 14.4 Å². The molecular weight excluding hydrogens is 472 g/mol. The number of ether oxygens (including phenoxy) is 7. The van der Waals surface area contributed by atoms with Gasteiger partial charge >= 0.3 is 11.9 Å². The highest BCUT2D eigenvalue weighted by Crippen LogP contribution is 2.45. The zero-order valence-electron chi connectivity index (χ0n) is 21.0. The number of benzene rings is 2. The Balaban J connectivity index is 2.22. The average Bonchev–Trinajstić information content (AvgIpc) is 3.34. The first-order valence-corrected chi connectivity index (χ1v) is 11.4. The second-order valence-electron chi connectivity index (χ2n) is 7.73. The summed E-state index contributed by atoms with van der Waals surface area (Å²) in [6, 6.07) is 8.42. The van der Waals surface area contributed by atoms with Crippen molar-refractivity contribution in [3.63, 3.8) is 0 Å². The Morgan fingerprint density at radius 3 is 2.06 bits per heavy atom. The molecule has 194 valence electrons. The molecule has 0 amide bonds. The first kappa shape index (κ1) is 26.7. The molecule has 3 rings (SSSR count). The van der Waals surface area contributed by atoms with Crippen LogP contribution in [0.2, 0.25) is 0 Å². The molecule has 0 aliphatic carbocycles. The lowest BCUT2D eigenvalue weighted by Crippen LogP contribution is -2.34. The molecule has 2 aromatic carbocycles. The summed E-state index contributed by atoms with van der Waals surface area (Å²) in [6.07, 6.45) is -0.594. The van der Waals surface area contributed by atoms with E-state index in [0.717, 1.165) is 0 Å². The average molecular weight is 503 g/mol. The van der Waals surface area contributed by atoms with Crippen LogP contribution in [0.25, 0.3) is 0 Å². The largest absolute Gasteiger partial charge is 0.493 e. The van der Waals surface area contributed by atoms with Crippen molar-refractivity contribution < 1.29 is 47.5 Å². The van der Waals surface area contributed by atoms with Gasteiger partial charge in [0.05, 0.1) is 34.5 Å². The molecule has 1 aliphatic rings. The van der Waals surface area contributed by atoms with E-state index >= 15 is 0 Å². The lowest BCUT2D eigenvalue weighted by Gasteiger charge is -2.27. The first-order valence-electron chi connectivity index (χ1n) is 11.4. The number of carbonyl (C=O) groups excluding carboxylic acids is 3. The monoisotopic (exact) mass is 502 g/mol. The minimum atomic E-state index is -1.38. The van der Waals surface area contributed by atoms with Gasteiger partial charge in [0.25, 0.3) is 0 Å². The topological polar surface area (TPSA) is 116 Å². The number of methoxy groups -OCH3 is 3. The standard InChI is InChI=1S/C26H30O10/c1-6-33-22(28)13-17(27)24(26(29)34-7-2)23(15-8-9-18-19(10-15)36-14-35-18)16-11-20(30-3)25(32-5)21(12-16)31-4/h8-12,23-24H,6-7,13-14H2,1-5H3/t23-,24-/m0/s1. The minimum absolute atomic E-state index is 0.0468. The molecule has 0 saturated heterocycles. The number of rotatable bonds is 12. The molecule has 2 aromatic rings. The Bertz CT molecular complexity index is 1080. The second-order valence-corrected chi connectivity index (χ2v) is 7.73. The Morgan fingerprint density at radius 2 is 1.47 bits per heavy atom. The van der Waals surface area contributed by atoms with E-state index in [0.29, 0.717) is 39.9 Å². The van der Waals surface area contributed by atoms with Crippen molar-refractivity contribution in [2.75, 3.05) is 41.3 Å². The lowest BCUT2D eigenvalue weighted by atomic mass is 9.77. The first-order chi connectivity index (χ1) is 17.4. The van der Waals surface area contributed by atoms with Crippen LogP contribution in [0.3, 0.4) is 0 Å². The van der Waals surface area contributed by atoms with Gasteiger partial charge in [0.1, 0.15) is 12.3 Å². The molecule has 0 spiro atoms. The van der Waals surface area contributed by atoms with Gasteiger partial charge in [-0.15, -0.1) is 0 Å². The minimum Gasteiger partial charge on any atom is -0.493 e. The van der Waals surface area contributed by atoms with Crippen LogP contribution >= 0.6 is 0 Å². The number of hydrogen-bond acceptors (Lipinski definition) is 10. The van der Waals surface area contributed by atoms with Crippen LogP contribution in [0.1, 0.15) is 37.3 Å². The molecule has 0 saturated carbocycles. The number of carbonyl (C=O) groups is 3. The molecule has 0 aromatic heterocycles. The Hall–Kier alpha value is -3.95. The van der Waals surface area contributed by atoms with Crippen molar-refractivity contribution in [2.24, 2.45) is 5.92 Å². The number of ketones is 1. The van der Waals surface area contributed by atoms with Gasteiger partial charge in [0.2, 0.25) is 12.5 Å². The smallest absolute Gasteiger partial charge is 0.317 e. The summed E-state index contributed by atoms with van der Waals surface area (Å²) < 4.78 is 37.6. The van der Waals surface area contributed by atoms with Gasteiger partial charge in [-0.05, 0) is 49.2 Å². The molecule has 0 radical (unpaired) electrons. The SMILES string of the molecule is CCOC(=O)CC(=O)[C@H](C(=O)OCC)[C@@H](c1ccc2c(c1)OCO2)c1cc(OC)c(OC)c(OC)c1. The molecule has 10 heteroatoms. The van der Waals surface area contributed by atoms with E-state index in [1.54, 1.807) is 44.2 Å². The third kappa shape index (κ3) is 5.64. The van der Waals surface area contributed by atoms with Gasteiger partial charge in [-0.3, -0.25) is 14.4 Å². The fourth-order valence-corrected chi connectivity index (χ4v) is 4.11. The van der Waals surface area contributed by atoms with E-state index < -0.39 is 36.0 Å². The van der Waals surface area contributed by atoms with Crippen molar-refractivity contribution in [2.45, 2.75) is 26.2 Å².